The summed E-state index contributed by atoms with van der Waals surface area (Å²) in [6.07, 6.45) is 3.22. The van der Waals surface area contributed by atoms with Gasteiger partial charge in [0.1, 0.15) is 6.33 Å². The highest BCUT2D eigenvalue weighted by molar-refractivity contribution is 5.99. The van der Waals surface area contributed by atoms with Crippen LogP contribution in [0.5, 0.6) is 0 Å². The van der Waals surface area contributed by atoms with Gasteiger partial charge in [-0.05, 0) is 47.0 Å². The number of benzene rings is 2. The van der Waals surface area contributed by atoms with E-state index >= 15 is 0 Å². The molecule has 4 rings (SSSR count). The quantitative estimate of drug-likeness (QED) is 0.657. The van der Waals surface area contributed by atoms with Crippen LogP contribution in [-0.2, 0) is 16.0 Å². The average Bonchev–Trinajstić information content (AvgIpc) is 3.26. The van der Waals surface area contributed by atoms with Crippen molar-refractivity contribution in [2.24, 2.45) is 0 Å². The van der Waals surface area contributed by atoms with Crippen molar-refractivity contribution in [2.75, 3.05) is 18.1 Å². The Morgan fingerprint density at radius 1 is 1.04 bits per heavy atom. The molecule has 0 aliphatic carbocycles. The molecule has 3 aromatic rings. The monoisotopic (exact) mass is 363 g/mol. The van der Waals surface area contributed by atoms with E-state index in [4.69, 9.17) is 4.74 Å². The van der Waals surface area contributed by atoms with Crippen LogP contribution in [-0.4, -0.2) is 45.2 Å². The lowest BCUT2D eigenvalue weighted by atomic mass is 10.0. The fourth-order valence-electron chi connectivity index (χ4n) is 3.19. The fraction of sp³-hybridized carbons (Fsp3) is 0.211. The first-order chi connectivity index (χ1) is 13.2. The first-order valence-electron chi connectivity index (χ1n) is 8.62. The second-order valence-electron chi connectivity index (χ2n) is 6.13. The van der Waals surface area contributed by atoms with Crippen molar-refractivity contribution >= 4 is 17.6 Å². The molecule has 2 heterocycles. The molecule has 0 saturated heterocycles. The van der Waals surface area contributed by atoms with Crippen LogP contribution in [0.4, 0.5) is 5.69 Å². The van der Waals surface area contributed by atoms with Crippen molar-refractivity contribution in [1.29, 1.82) is 0 Å². The van der Waals surface area contributed by atoms with E-state index in [-0.39, 0.29) is 18.1 Å². The van der Waals surface area contributed by atoms with E-state index in [1.165, 1.54) is 11.0 Å². The highest BCUT2D eigenvalue weighted by Gasteiger charge is 2.24. The fourth-order valence-corrected chi connectivity index (χ4v) is 3.19. The van der Waals surface area contributed by atoms with E-state index in [2.05, 4.69) is 15.5 Å². The summed E-state index contributed by atoms with van der Waals surface area (Å²) in [5.74, 6) is -0.838. The van der Waals surface area contributed by atoms with Gasteiger partial charge in [-0.3, -0.25) is 4.79 Å². The molecular formula is C19H17N5O3. The van der Waals surface area contributed by atoms with E-state index in [1.807, 2.05) is 24.3 Å². The smallest absolute Gasteiger partial charge is 0.340 e. The Kier molecular flexibility index (Phi) is 4.61. The first kappa shape index (κ1) is 16.9. The number of aryl methyl sites for hydroxylation is 1. The van der Waals surface area contributed by atoms with Crippen LogP contribution in [0.25, 0.3) is 5.69 Å². The molecular weight excluding hydrogens is 346 g/mol. The summed E-state index contributed by atoms with van der Waals surface area (Å²) in [6.45, 7) is 0.297. The number of tetrazole rings is 1. The Labute approximate surface area is 155 Å². The zero-order chi connectivity index (χ0) is 18.6. The first-order valence-corrected chi connectivity index (χ1v) is 8.62. The number of aromatic nitrogens is 4. The van der Waals surface area contributed by atoms with Gasteiger partial charge in [0.05, 0.1) is 11.3 Å². The number of amides is 1. The molecule has 1 aromatic heterocycles. The van der Waals surface area contributed by atoms with E-state index in [0.717, 1.165) is 24.1 Å². The number of hydrogen-bond acceptors (Lipinski definition) is 6. The van der Waals surface area contributed by atoms with Crippen molar-refractivity contribution < 1.29 is 14.3 Å². The molecule has 27 heavy (non-hydrogen) atoms. The van der Waals surface area contributed by atoms with E-state index in [1.54, 1.807) is 29.2 Å². The summed E-state index contributed by atoms with van der Waals surface area (Å²) in [5.41, 5.74) is 2.80. The second-order valence-corrected chi connectivity index (χ2v) is 6.13. The zero-order valence-electron chi connectivity index (χ0n) is 14.5. The third kappa shape index (κ3) is 3.41. The lowest BCUT2D eigenvalue weighted by Gasteiger charge is -2.29. The van der Waals surface area contributed by atoms with Gasteiger partial charge < -0.3 is 9.64 Å². The largest absolute Gasteiger partial charge is 0.452 e. The summed E-state index contributed by atoms with van der Waals surface area (Å²) in [5, 5.41) is 10.9. The van der Waals surface area contributed by atoms with Gasteiger partial charge in [-0.25, -0.2) is 4.79 Å². The Balaban J connectivity index is 1.47. The maximum atomic E-state index is 12.6. The van der Waals surface area contributed by atoms with Gasteiger partial charge in [0.15, 0.2) is 6.61 Å². The van der Waals surface area contributed by atoms with Crippen LogP contribution >= 0.6 is 0 Å². The molecule has 0 spiro atoms. The molecule has 8 nitrogen and oxygen atoms in total. The Bertz CT molecular complexity index is 971. The van der Waals surface area contributed by atoms with Crippen LogP contribution < -0.4 is 4.90 Å². The number of ether oxygens (including phenoxy) is 1. The SMILES string of the molecule is O=C(OCC(=O)N1CCCc2ccccc21)c1ccccc1-n1cnnn1. The summed E-state index contributed by atoms with van der Waals surface area (Å²) < 4.78 is 6.66. The van der Waals surface area contributed by atoms with Gasteiger partial charge in [-0.15, -0.1) is 5.10 Å². The number of anilines is 1. The predicted octanol–water partition coefficient (Wildman–Crippen LogP) is 1.80. The van der Waals surface area contributed by atoms with Crippen LogP contribution in [0.2, 0.25) is 0 Å². The number of carbonyl (C=O) groups is 2. The van der Waals surface area contributed by atoms with Crippen molar-refractivity contribution in [2.45, 2.75) is 12.8 Å². The van der Waals surface area contributed by atoms with Crippen molar-refractivity contribution in [3.8, 4) is 5.69 Å². The van der Waals surface area contributed by atoms with Gasteiger partial charge in [-0.2, -0.15) is 4.68 Å². The minimum absolute atomic E-state index is 0.240. The Hall–Kier alpha value is -3.55. The molecule has 0 saturated carbocycles. The summed E-state index contributed by atoms with van der Waals surface area (Å²) in [6, 6.07) is 14.6. The predicted molar refractivity (Wildman–Crippen MR) is 96.6 cm³/mol. The third-order valence-corrected chi connectivity index (χ3v) is 4.46. The molecule has 136 valence electrons. The highest BCUT2D eigenvalue weighted by atomic mass is 16.5. The molecule has 1 aliphatic rings. The molecule has 0 fully saturated rings. The topological polar surface area (TPSA) is 90.2 Å². The maximum absolute atomic E-state index is 12.6. The van der Waals surface area contributed by atoms with Gasteiger partial charge in [0, 0.05) is 12.2 Å². The maximum Gasteiger partial charge on any atom is 0.340 e. The summed E-state index contributed by atoms with van der Waals surface area (Å²) in [4.78, 5) is 26.8. The normalized spacial score (nSPS) is 13.1. The number of carbonyl (C=O) groups excluding carboxylic acids is 2. The second kappa shape index (κ2) is 7.36. The van der Waals surface area contributed by atoms with Crippen LogP contribution in [0, 0.1) is 0 Å². The number of esters is 1. The number of fused-ring (bicyclic) bond motifs is 1. The van der Waals surface area contributed by atoms with Gasteiger partial charge >= 0.3 is 5.97 Å². The molecule has 2 aromatic carbocycles. The molecule has 8 heteroatoms. The van der Waals surface area contributed by atoms with Crippen molar-refractivity contribution in [1.82, 2.24) is 20.2 Å². The minimum atomic E-state index is -0.597. The minimum Gasteiger partial charge on any atom is -0.452 e. The Morgan fingerprint density at radius 2 is 1.81 bits per heavy atom. The van der Waals surface area contributed by atoms with Crippen LogP contribution in [0.1, 0.15) is 22.3 Å². The third-order valence-electron chi connectivity index (χ3n) is 4.46. The summed E-state index contributed by atoms with van der Waals surface area (Å²) in [7, 11) is 0. The number of para-hydroxylation sites is 2. The van der Waals surface area contributed by atoms with Crippen LogP contribution in [0.3, 0.4) is 0 Å². The molecule has 0 bridgehead atoms. The molecule has 1 amide bonds. The molecule has 0 unspecified atom stereocenters. The average molecular weight is 363 g/mol. The number of hydrogen-bond donors (Lipinski definition) is 0. The molecule has 1 aliphatic heterocycles. The Morgan fingerprint density at radius 3 is 2.63 bits per heavy atom. The highest BCUT2D eigenvalue weighted by Crippen LogP contribution is 2.26. The van der Waals surface area contributed by atoms with Gasteiger partial charge in [-0.1, -0.05) is 30.3 Å². The van der Waals surface area contributed by atoms with Crippen LogP contribution in [0.15, 0.2) is 54.9 Å². The van der Waals surface area contributed by atoms with Crippen molar-refractivity contribution in [3.05, 3.63) is 66.0 Å². The van der Waals surface area contributed by atoms with E-state index in [0.29, 0.717) is 12.2 Å². The lowest BCUT2D eigenvalue weighted by molar-refractivity contribution is -0.121. The summed E-state index contributed by atoms with van der Waals surface area (Å²) >= 11 is 0. The van der Waals surface area contributed by atoms with Crippen molar-refractivity contribution in [3.63, 3.8) is 0 Å². The molecule has 0 radical (unpaired) electrons. The van der Waals surface area contributed by atoms with Gasteiger partial charge in [0.25, 0.3) is 5.91 Å². The number of nitrogens with zero attached hydrogens (tertiary/aromatic N) is 5. The zero-order valence-corrected chi connectivity index (χ0v) is 14.5. The lowest BCUT2D eigenvalue weighted by Crippen LogP contribution is -2.38. The standard InChI is InChI=1S/C19H17N5O3/c25-18(23-11-5-7-14-6-1-3-9-16(14)23)12-27-19(26)15-8-2-4-10-17(15)24-13-20-21-22-24/h1-4,6,8-10,13H,5,7,11-12H2. The van der Waals surface area contributed by atoms with E-state index < -0.39 is 5.97 Å². The molecule has 0 atom stereocenters. The molecule has 0 N–H and O–H groups in total. The van der Waals surface area contributed by atoms with E-state index in [9.17, 15) is 9.59 Å². The number of rotatable bonds is 4. The van der Waals surface area contributed by atoms with Gasteiger partial charge in [0.2, 0.25) is 0 Å².